The smallest absolute Gasteiger partial charge is 0.255 e. The third-order valence-electron chi connectivity index (χ3n) is 7.19. The Morgan fingerprint density at radius 2 is 1.88 bits per heavy atom. The van der Waals surface area contributed by atoms with Crippen molar-refractivity contribution >= 4 is 23.6 Å². The second-order valence-electron chi connectivity index (χ2n) is 10.8. The first-order valence-electron chi connectivity index (χ1n) is 14.8. The lowest BCUT2D eigenvalue weighted by molar-refractivity contribution is -0.137. The molecule has 1 aliphatic rings. The second-order valence-corrected chi connectivity index (χ2v) is 10.8. The Labute approximate surface area is 253 Å². The Hall–Kier alpha value is -4.28. The first-order chi connectivity index (χ1) is 20.6. The van der Waals surface area contributed by atoms with Crippen LogP contribution in [0.15, 0.2) is 42.5 Å². The number of ether oxygens (including phenoxy) is 3. The van der Waals surface area contributed by atoms with E-state index in [2.05, 4.69) is 16.0 Å². The predicted molar refractivity (Wildman–Crippen MR) is 162 cm³/mol. The Kier molecular flexibility index (Phi) is 12.7. The number of fused-ring (bicyclic) bond motifs is 1. The molecule has 0 radical (unpaired) electrons. The molecule has 0 aliphatic carbocycles. The fraction of sp³-hybridized carbons (Fsp3) is 0.500. The minimum absolute atomic E-state index is 0.0529. The van der Waals surface area contributed by atoms with Crippen LogP contribution in [0.2, 0.25) is 0 Å². The predicted octanol–water partition coefficient (Wildman–Crippen LogP) is 2.71. The Morgan fingerprint density at radius 1 is 1.12 bits per heavy atom. The van der Waals surface area contributed by atoms with Crippen molar-refractivity contribution in [2.24, 2.45) is 5.92 Å². The highest BCUT2D eigenvalue weighted by atomic mass is 16.5. The number of para-hydroxylation sites is 1. The average molecular weight is 597 g/mol. The van der Waals surface area contributed by atoms with Crippen LogP contribution in [0.5, 0.6) is 17.2 Å². The summed E-state index contributed by atoms with van der Waals surface area (Å²) in [4.78, 5) is 54.0. The maximum atomic E-state index is 13.3. The zero-order chi connectivity index (χ0) is 31.4. The zero-order valence-electron chi connectivity index (χ0n) is 25.7. The molecule has 0 aromatic heterocycles. The van der Waals surface area contributed by atoms with Crippen molar-refractivity contribution in [2.75, 3.05) is 40.5 Å². The minimum Gasteiger partial charge on any atom is -0.493 e. The van der Waals surface area contributed by atoms with Crippen LogP contribution in [0, 0.1) is 5.92 Å². The molecule has 0 spiro atoms. The highest BCUT2D eigenvalue weighted by molar-refractivity contribution is 5.99. The van der Waals surface area contributed by atoms with Gasteiger partial charge in [-0.25, -0.2) is 0 Å². The number of carbonyl (C=O) groups excluding carboxylic acids is 4. The molecule has 11 nitrogen and oxygen atoms in total. The van der Waals surface area contributed by atoms with E-state index in [-0.39, 0.29) is 49.3 Å². The SMILES string of the molecule is CCOc1ccc(CCCNC(=O)[C@@H]2CCC(=O)N[C@H](C(C)C)C(=O)N(C)CCOc3ccccc3C(=O)N2)cc1OC. The molecular weight excluding hydrogens is 552 g/mol. The standard InChI is InChI=1S/C32H44N4O7/c1-6-42-26-15-13-22(20-27(26)41-5)10-9-17-33-31(39)24-14-16-28(37)35-29(21(2)3)32(40)36(4)18-19-43-25-12-8-7-11-23(25)30(38)34-24/h7-8,11-13,15,20-21,24,29H,6,9-10,14,16-19H2,1-5H3,(H,33,39)(H,34,38)(H,35,37)/t24-,29+/m0/s1. The van der Waals surface area contributed by atoms with Crippen molar-refractivity contribution in [1.29, 1.82) is 0 Å². The molecule has 2 aromatic carbocycles. The number of benzene rings is 2. The summed E-state index contributed by atoms with van der Waals surface area (Å²) < 4.78 is 16.9. The molecule has 0 bridgehead atoms. The Balaban J connectivity index is 1.71. The van der Waals surface area contributed by atoms with Gasteiger partial charge in [0.05, 0.1) is 25.8 Å². The summed E-state index contributed by atoms with van der Waals surface area (Å²) in [6.45, 7) is 6.94. The van der Waals surface area contributed by atoms with E-state index in [0.29, 0.717) is 43.2 Å². The quantitative estimate of drug-likeness (QED) is 0.379. The van der Waals surface area contributed by atoms with Gasteiger partial charge in [-0.1, -0.05) is 32.0 Å². The van der Waals surface area contributed by atoms with Crippen molar-refractivity contribution < 1.29 is 33.4 Å². The summed E-state index contributed by atoms with van der Waals surface area (Å²) in [6, 6.07) is 10.8. The molecule has 0 saturated carbocycles. The van der Waals surface area contributed by atoms with Crippen LogP contribution < -0.4 is 30.2 Å². The van der Waals surface area contributed by atoms with Crippen LogP contribution >= 0.6 is 0 Å². The molecule has 0 fully saturated rings. The molecule has 0 unspecified atom stereocenters. The molecule has 3 N–H and O–H groups in total. The molecular formula is C32H44N4O7. The number of hydrogen-bond acceptors (Lipinski definition) is 7. The largest absolute Gasteiger partial charge is 0.493 e. The first kappa shape index (κ1) is 33.2. The molecule has 1 aliphatic heterocycles. The molecule has 2 aromatic rings. The van der Waals surface area contributed by atoms with Gasteiger partial charge in [-0.3, -0.25) is 19.2 Å². The summed E-state index contributed by atoms with van der Waals surface area (Å²) in [5.41, 5.74) is 1.29. The number of nitrogens with zero attached hydrogens (tertiary/aromatic N) is 1. The van der Waals surface area contributed by atoms with E-state index < -0.39 is 23.9 Å². The lowest BCUT2D eigenvalue weighted by atomic mass is 10.0. The van der Waals surface area contributed by atoms with E-state index in [1.807, 2.05) is 39.0 Å². The normalized spacial score (nSPS) is 18.4. The second kappa shape index (κ2) is 16.4. The van der Waals surface area contributed by atoms with Gasteiger partial charge in [0, 0.05) is 20.0 Å². The number of carbonyl (C=O) groups is 4. The van der Waals surface area contributed by atoms with Gasteiger partial charge in [-0.15, -0.1) is 0 Å². The van der Waals surface area contributed by atoms with Gasteiger partial charge in [0.1, 0.15) is 24.4 Å². The Morgan fingerprint density at radius 3 is 2.60 bits per heavy atom. The van der Waals surface area contributed by atoms with Crippen LogP contribution in [0.1, 0.15) is 56.0 Å². The highest BCUT2D eigenvalue weighted by Crippen LogP contribution is 2.28. The lowest BCUT2D eigenvalue weighted by Gasteiger charge is -2.27. The zero-order valence-corrected chi connectivity index (χ0v) is 25.7. The summed E-state index contributed by atoms with van der Waals surface area (Å²) in [5, 5.41) is 8.49. The summed E-state index contributed by atoms with van der Waals surface area (Å²) in [7, 11) is 3.24. The molecule has 2 atom stereocenters. The highest BCUT2D eigenvalue weighted by Gasteiger charge is 2.29. The minimum atomic E-state index is -0.974. The van der Waals surface area contributed by atoms with E-state index in [9.17, 15) is 19.2 Å². The maximum absolute atomic E-state index is 13.3. The van der Waals surface area contributed by atoms with Crippen LogP contribution in [0.4, 0.5) is 0 Å². The third-order valence-corrected chi connectivity index (χ3v) is 7.19. The number of nitrogens with one attached hydrogen (secondary N) is 3. The van der Waals surface area contributed by atoms with Crippen molar-refractivity contribution in [1.82, 2.24) is 20.9 Å². The topological polar surface area (TPSA) is 135 Å². The van der Waals surface area contributed by atoms with Crippen LogP contribution in [-0.4, -0.2) is 81.1 Å². The number of hydrogen-bond donors (Lipinski definition) is 3. The summed E-state index contributed by atoms with van der Waals surface area (Å²) >= 11 is 0. The lowest BCUT2D eigenvalue weighted by Crippen LogP contribution is -2.51. The number of likely N-dealkylation sites (N-methyl/N-ethyl adjacent to an activating group) is 1. The van der Waals surface area contributed by atoms with Gasteiger partial charge in [-0.05, 0) is 61.9 Å². The van der Waals surface area contributed by atoms with E-state index in [1.165, 1.54) is 4.90 Å². The molecule has 0 saturated heterocycles. The molecule has 11 heteroatoms. The van der Waals surface area contributed by atoms with E-state index >= 15 is 0 Å². The van der Waals surface area contributed by atoms with Gasteiger partial charge < -0.3 is 35.1 Å². The van der Waals surface area contributed by atoms with Crippen molar-refractivity contribution in [2.45, 2.75) is 58.5 Å². The fourth-order valence-corrected chi connectivity index (χ4v) is 4.73. The first-order valence-corrected chi connectivity index (χ1v) is 14.8. The van der Waals surface area contributed by atoms with Gasteiger partial charge in [-0.2, -0.15) is 0 Å². The molecule has 43 heavy (non-hydrogen) atoms. The van der Waals surface area contributed by atoms with Crippen molar-refractivity contribution in [3.8, 4) is 17.2 Å². The summed E-state index contributed by atoms with van der Waals surface area (Å²) in [5.74, 6) is 0.0284. The maximum Gasteiger partial charge on any atom is 0.255 e. The summed E-state index contributed by atoms with van der Waals surface area (Å²) in [6.07, 6.45) is 1.33. The number of aryl methyl sites for hydroxylation is 1. The van der Waals surface area contributed by atoms with Gasteiger partial charge in [0.2, 0.25) is 17.7 Å². The van der Waals surface area contributed by atoms with Gasteiger partial charge in [0.25, 0.3) is 5.91 Å². The van der Waals surface area contributed by atoms with E-state index in [4.69, 9.17) is 14.2 Å². The van der Waals surface area contributed by atoms with Gasteiger partial charge >= 0.3 is 0 Å². The van der Waals surface area contributed by atoms with E-state index in [0.717, 1.165) is 5.56 Å². The van der Waals surface area contributed by atoms with Crippen molar-refractivity contribution in [3.63, 3.8) is 0 Å². The van der Waals surface area contributed by atoms with E-state index in [1.54, 1.807) is 38.4 Å². The number of methoxy groups -OCH3 is 1. The monoisotopic (exact) mass is 596 g/mol. The van der Waals surface area contributed by atoms with Crippen LogP contribution in [-0.2, 0) is 20.8 Å². The van der Waals surface area contributed by atoms with Crippen molar-refractivity contribution in [3.05, 3.63) is 53.6 Å². The van der Waals surface area contributed by atoms with Gasteiger partial charge in [0.15, 0.2) is 11.5 Å². The molecule has 234 valence electrons. The number of rotatable bonds is 9. The molecule has 3 rings (SSSR count). The molecule has 4 amide bonds. The average Bonchev–Trinajstić information content (AvgIpc) is 3.00. The van der Waals surface area contributed by atoms with Crippen LogP contribution in [0.3, 0.4) is 0 Å². The molecule has 1 heterocycles. The third kappa shape index (κ3) is 9.62. The fourth-order valence-electron chi connectivity index (χ4n) is 4.73. The van der Waals surface area contributed by atoms with Crippen LogP contribution in [0.25, 0.3) is 0 Å². The number of amides is 4. The Bertz CT molecular complexity index is 1270.